The van der Waals surface area contributed by atoms with E-state index in [4.69, 9.17) is 0 Å². The lowest BCUT2D eigenvalue weighted by molar-refractivity contribution is 0.0925. The van der Waals surface area contributed by atoms with E-state index in [0.717, 1.165) is 37.2 Å². The number of aromatic nitrogens is 1. The van der Waals surface area contributed by atoms with Crippen molar-refractivity contribution in [3.63, 3.8) is 0 Å². The summed E-state index contributed by atoms with van der Waals surface area (Å²) in [5.74, 6) is -0.0971. The van der Waals surface area contributed by atoms with Gasteiger partial charge in [0.25, 0.3) is 5.91 Å². The number of rotatable bonds is 4. The van der Waals surface area contributed by atoms with Crippen LogP contribution in [0.25, 0.3) is 0 Å². The zero-order chi connectivity index (χ0) is 14.7. The third-order valence-corrected chi connectivity index (χ3v) is 3.86. The number of aryl methyl sites for hydroxylation is 1. The Morgan fingerprint density at radius 3 is 2.62 bits per heavy atom. The van der Waals surface area contributed by atoms with Crippen molar-refractivity contribution in [2.45, 2.75) is 46.1 Å². The number of piperidine rings is 1. The highest BCUT2D eigenvalue weighted by Gasteiger charge is 2.23. The van der Waals surface area contributed by atoms with Crippen molar-refractivity contribution in [3.05, 3.63) is 22.5 Å². The number of hydrogen-bond donors (Lipinski definition) is 3. The number of amides is 1. The van der Waals surface area contributed by atoms with Crippen molar-refractivity contribution < 1.29 is 9.59 Å². The molecule has 1 saturated heterocycles. The summed E-state index contributed by atoms with van der Waals surface area (Å²) in [5.41, 5.74) is 2.82. The minimum Gasteiger partial charge on any atom is -0.354 e. The molecule has 1 amide bonds. The molecule has 1 fully saturated rings. The lowest BCUT2D eigenvalue weighted by Crippen LogP contribution is -2.45. The first-order chi connectivity index (χ1) is 9.54. The average Bonchev–Trinajstić information content (AvgIpc) is 2.76. The van der Waals surface area contributed by atoms with Crippen LogP contribution in [-0.2, 0) is 6.42 Å². The molecule has 0 saturated carbocycles. The topological polar surface area (TPSA) is 74.0 Å². The molecule has 3 N–H and O–H groups in total. The monoisotopic (exact) mass is 313 g/mol. The second-order valence-electron chi connectivity index (χ2n) is 5.41. The molecule has 6 heteroatoms. The van der Waals surface area contributed by atoms with Crippen LogP contribution in [-0.4, -0.2) is 35.8 Å². The zero-order valence-electron chi connectivity index (χ0n) is 12.8. The molecule has 0 aliphatic carbocycles. The van der Waals surface area contributed by atoms with Gasteiger partial charge in [0.2, 0.25) is 0 Å². The van der Waals surface area contributed by atoms with Crippen LogP contribution in [0.15, 0.2) is 0 Å². The second kappa shape index (κ2) is 7.61. The molecule has 0 radical (unpaired) electrons. The van der Waals surface area contributed by atoms with E-state index in [1.54, 1.807) is 6.92 Å². The van der Waals surface area contributed by atoms with Crippen molar-refractivity contribution in [1.82, 2.24) is 15.6 Å². The van der Waals surface area contributed by atoms with Crippen LogP contribution in [0.2, 0.25) is 0 Å². The number of carbonyl (C=O) groups is 2. The Kier molecular flexibility index (Phi) is 6.42. The molecule has 0 bridgehead atoms. The first kappa shape index (κ1) is 17.7. The van der Waals surface area contributed by atoms with E-state index in [1.165, 1.54) is 0 Å². The predicted molar refractivity (Wildman–Crippen MR) is 85.5 cm³/mol. The van der Waals surface area contributed by atoms with Crippen LogP contribution in [0.1, 0.15) is 58.8 Å². The van der Waals surface area contributed by atoms with Crippen LogP contribution in [0, 0.1) is 6.92 Å². The van der Waals surface area contributed by atoms with Crippen LogP contribution < -0.4 is 10.6 Å². The molecule has 1 aliphatic heterocycles. The second-order valence-corrected chi connectivity index (χ2v) is 5.41. The van der Waals surface area contributed by atoms with Gasteiger partial charge in [0.1, 0.15) is 5.69 Å². The molecule has 0 spiro atoms. The zero-order valence-corrected chi connectivity index (χ0v) is 13.7. The Labute approximate surface area is 131 Å². The number of H-pyrrole nitrogens is 1. The highest BCUT2D eigenvalue weighted by molar-refractivity contribution is 6.02. The van der Waals surface area contributed by atoms with Gasteiger partial charge in [-0.2, -0.15) is 0 Å². The van der Waals surface area contributed by atoms with Gasteiger partial charge in [-0.15, -0.1) is 12.4 Å². The molecule has 1 aromatic rings. The Morgan fingerprint density at radius 2 is 2.10 bits per heavy atom. The number of aromatic amines is 1. The molecule has 1 aromatic heterocycles. The lowest BCUT2D eigenvalue weighted by Gasteiger charge is -2.23. The van der Waals surface area contributed by atoms with E-state index in [1.807, 2.05) is 13.8 Å². The Morgan fingerprint density at radius 1 is 1.38 bits per heavy atom. The maximum Gasteiger partial charge on any atom is 0.268 e. The average molecular weight is 314 g/mol. The molecule has 21 heavy (non-hydrogen) atoms. The van der Waals surface area contributed by atoms with Gasteiger partial charge in [-0.1, -0.05) is 6.92 Å². The molecule has 5 nitrogen and oxygen atoms in total. The normalized spacial score (nSPS) is 18.0. The van der Waals surface area contributed by atoms with Crippen LogP contribution in [0.3, 0.4) is 0 Å². The van der Waals surface area contributed by atoms with Crippen molar-refractivity contribution >= 4 is 24.1 Å². The number of Topliss-reactive ketones (excluding diaryl/α,β-unsaturated/α-hetero) is 1. The molecule has 2 heterocycles. The van der Waals surface area contributed by atoms with Crippen molar-refractivity contribution in [1.29, 1.82) is 0 Å². The highest BCUT2D eigenvalue weighted by Crippen LogP contribution is 2.20. The maximum absolute atomic E-state index is 12.4. The summed E-state index contributed by atoms with van der Waals surface area (Å²) < 4.78 is 0. The van der Waals surface area contributed by atoms with Crippen molar-refractivity contribution in [3.8, 4) is 0 Å². The van der Waals surface area contributed by atoms with E-state index >= 15 is 0 Å². The van der Waals surface area contributed by atoms with Gasteiger partial charge in [-0.3, -0.25) is 9.59 Å². The third kappa shape index (κ3) is 3.86. The Bertz CT molecular complexity index is 519. The molecule has 1 unspecified atom stereocenters. The molecule has 0 aromatic carbocycles. The molecular weight excluding hydrogens is 290 g/mol. The molecule has 2 rings (SSSR count). The Hall–Kier alpha value is -1.33. The van der Waals surface area contributed by atoms with Crippen molar-refractivity contribution in [2.24, 2.45) is 0 Å². The minimum absolute atomic E-state index is 0. The minimum atomic E-state index is -0.105. The van der Waals surface area contributed by atoms with E-state index < -0.39 is 0 Å². The van der Waals surface area contributed by atoms with Gasteiger partial charge in [0.15, 0.2) is 5.78 Å². The number of ketones is 1. The lowest BCUT2D eigenvalue weighted by atomic mass is 10.0. The first-order valence-electron chi connectivity index (χ1n) is 7.28. The van der Waals surface area contributed by atoms with Gasteiger partial charge >= 0.3 is 0 Å². The van der Waals surface area contributed by atoms with E-state index in [2.05, 4.69) is 15.6 Å². The smallest absolute Gasteiger partial charge is 0.268 e. The SMILES string of the molecule is CCc1c(C(=O)NC2CCCNC2)[nH]c(C)c1C(C)=O.Cl. The summed E-state index contributed by atoms with van der Waals surface area (Å²) in [6.07, 6.45) is 2.75. The van der Waals surface area contributed by atoms with Gasteiger partial charge in [0.05, 0.1) is 0 Å². The molecule has 1 atom stereocenters. The first-order valence-corrected chi connectivity index (χ1v) is 7.28. The van der Waals surface area contributed by atoms with E-state index in [0.29, 0.717) is 17.7 Å². The van der Waals surface area contributed by atoms with Crippen molar-refractivity contribution in [2.75, 3.05) is 13.1 Å². The molecule has 1 aliphatic rings. The maximum atomic E-state index is 12.4. The van der Waals surface area contributed by atoms with Crippen LogP contribution in [0.5, 0.6) is 0 Å². The number of hydrogen-bond acceptors (Lipinski definition) is 3. The summed E-state index contributed by atoms with van der Waals surface area (Å²) in [7, 11) is 0. The largest absolute Gasteiger partial charge is 0.354 e. The third-order valence-electron chi connectivity index (χ3n) is 3.86. The number of carbonyl (C=O) groups excluding carboxylic acids is 2. The molecular formula is C15H24ClN3O2. The highest BCUT2D eigenvalue weighted by atomic mass is 35.5. The fourth-order valence-corrected chi connectivity index (χ4v) is 2.93. The summed E-state index contributed by atoms with van der Waals surface area (Å²) in [6, 6.07) is 0.172. The van der Waals surface area contributed by atoms with Gasteiger partial charge in [-0.05, 0) is 45.2 Å². The fourth-order valence-electron chi connectivity index (χ4n) is 2.93. The quantitative estimate of drug-likeness (QED) is 0.744. The standard InChI is InChI=1S/C15H23N3O2.ClH/c1-4-12-13(10(3)19)9(2)17-14(12)15(20)18-11-6-5-7-16-8-11;/h11,16-17H,4-8H2,1-3H3,(H,18,20);1H. The summed E-state index contributed by atoms with van der Waals surface area (Å²) >= 11 is 0. The van der Waals surface area contributed by atoms with Crippen LogP contribution >= 0.6 is 12.4 Å². The number of halogens is 1. The summed E-state index contributed by atoms with van der Waals surface area (Å²) in [4.78, 5) is 27.2. The predicted octanol–water partition coefficient (Wildman–Crippen LogP) is 1.99. The Balaban J connectivity index is 0.00000220. The van der Waals surface area contributed by atoms with Gasteiger partial charge < -0.3 is 15.6 Å². The fraction of sp³-hybridized carbons (Fsp3) is 0.600. The van der Waals surface area contributed by atoms with E-state index in [-0.39, 0.29) is 30.1 Å². The number of nitrogens with one attached hydrogen (secondary N) is 3. The summed E-state index contributed by atoms with van der Waals surface area (Å²) in [5, 5.41) is 6.32. The van der Waals surface area contributed by atoms with Crippen LogP contribution in [0.4, 0.5) is 0 Å². The molecule has 118 valence electrons. The van der Waals surface area contributed by atoms with Gasteiger partial charge in [0, 0.05) is 23.8 Å². The summed E-state index contributed by atoms with van der Waals surface area (Å²) in [6.45, 7) is 7.18. The van der Waals surface area contributed by atoms with Gasteiger partial charge in [-0.25, -0.2) is 0 Å². The van der Waals surface area contributed by atoms with E-state index in [9.17, 15) is 9.59 Å².